The Morgan fingerprint density at radius 1 is 1.27 bits per heavy atom. The van der Waals surface area contributed by atoms with Gasteiger partial charge in [-0.25, -0.2) is 19.6 Å². The van der Waals surface area contributed by atoms with Gasteiger partial charge in [-0.3, -0.25) is 0 Å². The normalized spacial score (nSPS) is 10.9. The van der Waals surface area contributed by atoms with E-state index in [0.717, 1.165) is 0 Å². The summed E-state index contributed by atoms with van der Waals surface area (Å²) in [6.07, 6.45) is 1.75. The van der Waals surface area contributed by atoms with Crippen molar-refractivity contribution in [2.24, 2.45) is 7.05 Å². The highest BCUT2D eigenvalue weighted by molar-refractivity contribution is 7.20. The number of nitrogens with zero attached hydrogens (tertiary/aromatic N) is 3. The number of aryl methyl sites for hydroxylation is 2. The number of esters is 2. The van der Waals surface area contributed by atoms with Crippen LogP contribution in [0.3, 0.4) is 0 Å². The highest BCUT2D eigenvalue weighted by Crippen LogP contribution is 2.33. The molecule has 0 aliphatic heterocycles. The van der Waals surface area contributed by atoms with Gasteiger partial charge in [-0.05, 0) is 31.5 Å². The summed E-state index contributed by atoms with van der Waals surface area (Å²) < 4.78 is 12.0. The fourth-order valence-electron chi connectivity index (χ4n) is 2.55. The Morgan fingerprint density at radius 2 is 2.04 bits per heavy atom. The van der Waals surface area contributed by atoms with Crippen LogP contribution < -0.4 is 5.73 Å². The molecule has 3 aromatic rings. The molecule has 3 rings (SSSR count). The van der Waals surface area contributed by atoms with Crippen LogP contribution >= 0.6 is 11.3 Å². The number of hydrogen-bond donors (Lipinski definition) is 1. The summed E-state index contributed by atoms with van der Waals surface area (Å²) in [5, 5.41) is 0.621. The third kappa shape index (κ3) is 3.25. The van der Waals surface area contributed by atoms with E-state index in [4.69, 9.17) is 15.2 Å². The molecule has 0 radical (unpaired) electrons. The van der Waals surface area contributed by atoms with Gasteiger partial charge < -0.3 is 19.8 Å². The Morgan fingerprint density at radius 3 is 2.69 bits per heavy atom. The van der Waals surface area contributed by atoms with Crippen LogP contribution in [0.2, 0.25) is 0 Å². The van der Waals surface area contributed by atoms with Crippen LogP contribution in [0.15, 0.2) is 18.3 Å². The van der Waals surface area contributed by atoms with E-state index in [-0.39, 0.29) is 24.9 Å². The van der Waals surface area contributed by atoms with Gasteiger partial charge in [-0.1, -0.05) is 0 Å². The minimum Gasteiger partial charge on any atom is -0.462 e. The lowest BCUT2D eigenvalue weighted by atomic mass is 10.2. The molecule has 8 nitrogen and oxygen atoms in total. The standard InChI is InChI=1S/C17H18N4O4S/c1-4-24-17(23)13-9(2)12-14(18)19-11(20-15(12)26-13)8-25-16(22)10-6-5-7-21(10)3/h5-7H,4,8H2,1-3H3,(H2,18,19,20). The van der Waals surface area contributed by atoms with Gasteiger partial charge in [0.25, 0.3) is 0 Å². The Hall–Kier alpha value is -2.94. The molecule has 0 fully saturated rings. The topological polar surface area (TPSA) is 109 Å². The average molecular weight is 374 g/mol. The van der Waals surface area contributed by atoms with Gasteiger partial charge in [-0.15, -0.1) is 11.3 Å². The van der Waals surface area contributed by atoms with Crippen LogP contribution in [-0.2, 0) is 23.1 Å². The molecule has 3 heterocycles. The zero-order valence-electron chi connectivity index (χ0n) is 14.6. The van der Waals surface area contributed by atoms with Gasteiger partial charge in [0.05, 0.1) is 12.0 Å². The number of aromatic nitrogens is 3. The molecule has 0 aromatic carbocycles. The number of thiophene rings is 1. The summed E-state index contributed by atoms with van der Waals surface area (Å²) in [5.41, 5.74) is 7.14. The molecular weight excluding hydrogens is 356 g/mol. The maximum Gasteiger partial charge on any atom is 0.355 e. The number of carbonyl (C=O) groups is 2. The molecule has 136 valence electrons. The van der Waals surface area contributed by atoms with E-state index in [1.807, 2.05) is 0 Å². The molecule has 0 unspecified atom stereocenters. The predicted molar refractivity (Wildman–Crippen MR) is 97.1 cm³/mol. The second-order valence-corrected chi connectivity index (χ2v) is 6.56. The maximum atomic E-state index is 12.1. The third-order valence-electron chi connectivity index (χ3n) is 3.81. The number of hydrogen-bond acceptors (Lipinski definition) is 8. The van der Waals surface area contributed by atoms with Crippen molar-refractivity contribution in [1.82, 2.24) is 14.5 Å². The van der Waals surface area contributed by atoms with Gasteiger partial charge in [0.15, 0.2) is 12.4 Å². The van der Waals surface area contributed by atoms with Crippen LogP contribution in [0.5, 0.6) is 0 Å². The van der Waals surface area contributed by atoms with Crippen LogP contribution in [0.25, 0.3) is 10.2 Å². The molecule has 0 saturated carbocycles. The molecule has 0 atom stereocenters. The minimum absolute atomic E-state index is 0.115. The molecule has 26 heavy (non-hydrogen) atoms. The lowest BCUT2D eigenvalue weighted by Gasteiger charge is -2.06. The van der Waals surface area contributed by atoms with Crippen LogP contribution in [-0.4, -0.2) is 33.1 Å². The molecule has 3 aromatic heterocycles. The maximum absolute atomic E-state index is 12.1. The van der Waals surface area contributed by atoms with Gasteiger partial charge in [0.2, 0.25) is 0 Å². The number of nitrogen functional groups attached to an aromatic ring is 1. The fraction of sp³-hybridized carbons (Fsp3) is 0.294. The Labute approximate surface area is 153 Å². The molecular formula is C17H18N4O4S. The molecule has 0 aliphatic rings. The summed E-state index contributed by atoms with van der Waals surface area (Å²) in [7, 11) is 1.75. The van der Waals surface area contributed by atoms with E-state index < -0.39 is 11.9 Å². The molecule has 9 heteroatoms. The number of ether oxygens (including phenoxy) is 2. The van der Waals surface area contributed by atoms with Crippen molar-refractivity contribution in [3.05, 3.63) is 40.3 Å². The first-order valence-electron chi connectivity index (χ1n) is 7.93. The van der Waals surface area contributed by atoms with E-state index in [0.29, 0.717) is 26.4 Å². The van der Waals surface area contributed by atoms with Gasteiger partial charge in [0, 0.05) is 13.2 Å². The highest BCUT2D eigenvalue weighted by atomic mass is 32.1. The number of rotatable bonds is 5. The first kappa shape index (κ1) is 17.9. The fourth-order valence-corrected chi connectivity index (χ4v) is 3.65. The van der Waals surface area contributed by atoms with E-state index >= 15 is 0 Å². The van der Waals surface area contributed by atoms with Gasteiger partial charge in [0.1, 0.15) is 21.2 Å². The smallest absolute Gasteiger partial charge is 0.355 e. The number of nitrogens with two attached hydrogens (primary N) is 1. The largest absolute Gasteiger partial charge is 0.462 e. The summed E-state index contributed by atoms with van der Waals surface area (Å²) in [5.74, 6) is -0.378. The minimum atomic E-state index is -0.477. The van der Waals surface area contributed by atoms with Crippen molar-refractivity contribution in [2.45, 2.75) is 20.5 Å². The quantitative estimate of drug-likeness (QED) is 0.683. The summed E-state index contributed by atoms with van der Waals surface area (Å²) in [6, 6.07) is 3.41. The van der Waals surface area contributed by atoms with E-state index in [1.165, 1.54) is 11.3 Å². The third-order valence-corrected chi connectivity index (χ3v) is 4.98. The van der Waals surface area contributed by atoms with E-state index in [9.17, 15) is 9.59 Å². The Kier molecular flexibility index (Phi) is 4.90. The second kappa shape index (κ2) is 7.12. The van der Waals surface area contributed by atoms with Crippen molar-refractivity contribution >= 4 is 39.3 Å². The monoisotopic (exact) mass is 374 g/mol. The summed E-state index contributed by atoms with van der Waals surface area (Å²) in [4.78, 5) is 33.7. The summed E-state index contributed by atoms with van der Waals surface area (Å²) >= 11 is 1.18. The van der Waals surface area contributed by atoms with Gasteiger partial charge in [-0.2, -0.15) is 0 Å². The highest BCUT2D eigenvalue weighted by Gasteiger charge is 2.21. The first-order chi connectivity index (χ1) is 12.4. The summed E-state index contributed by atoms with van der Waals surface area (Å²) in [6.45, 7) is 3.69. The van der Waals surface area contributed by atoms with Crippen molar-refractivity contribution in [3.8, 4) is 0 Å². The van der Waals surface area contributed by atoms with Gasteiger partial charge >= 0.3 is 11.9 Å². The Balaban J connectivity index is 1.85. The number of carbonyl (C=O) groups excluding carboxylic acids is 2. The van der Waals surface area contributed by atoms with Crippen molar-refractivity contribution in [2.75, 3.05) is 12.3 Å². The SMILES string of the molecule is CCOC(=O)c1sc2nc(COC(=O)c3cccn3C)nc(N)c2c1C. The average Bonchev–Trinajstić information content (AvgIpc) is 3.16. The number of anilines is 1. The first-order valence-corrected chi connectivity index (χ1v) is 8.75. The van der Waals surface area contributed by atoms with Crippen LogP contribution in [0.4, 0.5) is 5.82 Å². The molecule has 0 spiro atoms. The van der Waals surface area contributed by atoms with Crippen LogP contribution in [0, 0.1) is 6.92 Å². The lowest BCUT2D eigenvalue weighted by molar-refractivity contribution is 0.0450. The zero-order chi connectivity index (χ0) is 18.8. The van der Waals surface area contributed by atoms with Crippen molar-refractivity contribution < 1.29 is 19.1 Å². The van der Waals surface area contributed by atoms with E-state index in [1.54, 1.807) is 43.8 Å². The number of fused-ring (bicyclic) bond motifs is 1. The van der Waals surface area contributed by atoms with E-state index in [2.05, 4.69) is 9.97 Å². The predicted octanol–water partition coefficient (Wildman–Crippen LogP) is 2.45. The Bertz CT molecular complexity index is 992. The second-order valence-electron chi connectivity index (χ2n) is 5.56. The van der Waals surface area contributed by atoms with Crippen molar-refractivity contribution in [3.63, 3.8) is 0 Å². The molecule has 2 N–H and O–H groups in total. The van der Waals surface area contributed by atoms with Crippen molar-refractivity contribution in [1.29, 1.82) is 0 Å². The lowest BCUT2D eigenvalue weighted by Crippen LogP contribution is -2.11. The zero-order valence-corrected chi connectivity index (χ0v) is 15.4. The van der Waals surface area contributed by atoms with Crippen LogP contribution in [0.1, 0.15) is 38.5 Å². The molecule has 0 amide bonds. The molecule has 0 aliphatic carbocycles. The molecule has 0 bridgehead atoms. The molecule has 0 saturated heterocycles.